The first-order valence-electron chi connectivity index (χ1n) is 8.13. The number of carbonyl (C=O) groups excluding carboxylic acids is 1. The molecule has 10 heteroatoms. The molecule has 0 aliphatic rings. The molecule has 3 rings (SSSR count). The monoisotopic (exact) mass is 382 g/mol. The largest absolute Gasteiger partial charge is 0.360 e. The number of benzene rings is 2. The van der Waals surface area contributed by atoms with Crippen LogP contribution in [-0.4, -0.2) is 20.8 Å². The third-order valence-electron chi connectivity index (χ3n) is 3.71. The minimum atomic E-state index is -0.663. The molecule has 0 aliphatic heterocycles. The third kappa shape index (κ3) is 4.55. The Morgan fingerprint density at radius 1 is 1.04 bits per heavy atom. The minimum absolute atomic E-state index is 0.0409. The number of rotatable bonds is 7. The second-order valence-corrected chi connectivity index (χ2v) is 5.60. The Labute approximate surface area is 158 Å². The summed E-state index contributed by atoms with van der Waals surface area (Å²) in [6, 6.07) is 14.0. The van der Waals surface area contributed by atoms with E-state index in [0.29, 0.717) is 11.1 Å². The van der Waals surface area contributed by atoms with E-state index in [1.807, 2.05) is 0 Å². The second kappa shape index (κ2) is 8.54. The SMILES string of the molecule is O=C(NNc1ncnc(NCc2ccc(F)cc2)c1[N+](=O)[O-])c1ccccc1. The van der Waals surface area contributed by atoms with Crippen molar-refractivity contribution in [3.05, 3.63) is 88.0 Å². The Morgan fingerprint density at radius 3 is 2.39 bits per heavy atom. The molecule has 0 atom stereocenters. The fourth-order valence-corrected chi connectivity index (χ4v) is 2.34. The molecular formula is C18H15FN6O3. The van der Waals surface area contributed by atoms with Crippen LogP contribution in [0.1, 0.15) is 15.9 Å². The van der Waals surface area contributed by atoms with Crippen molar-refractivity contribution >= 4 is 23.2 Å². The summed E-state index contributed by atoms with van der Waals surface area (Å²) >= 11 is 0. The van der Waals surface area contributed by atoms with Crippen LogP contribution in [0.2, 0.25) is 0 Å². The van der Waals surface area contributed by atoms with Crippen molar-refractivity contribution in [1.29, 1.82) is 0 Å². The van der Waals surface area contributed by atoms with Gasteiger partial charge in [0.15, 0.2) is 0 Å². The first-order valence-corrected chi connectivity index (χ1v) is 8.13. The van der Waals surface area contributed by atoms with Gasteiger partial charge in [0.1, 0.15) is 12.1 Å². The fraction of sp³-hybridized carbons (Fsp3) is 0.0556. The summed E-state index contributed by atoms with van der Waals surface area (Å²) in [5.74, 6) is -1.07. The zero-order chi connectivity index (χ0) is 19.9. The van der Waals surface area contributed by atoms with E-state index in [1.165, 1.54) is 12.1 Å². The number of hydrogen-bond donors (Lipinski definition) is 3. The van der Waals surface area contributed by atoms with Crippen molar-refractivity contribution in [2.75, 3.05) is 10.7 Å². The van der Waals surface area contributed by atoms with Crippen molar-refractivity contribution in [3.63, 3.8) is 0 Å². The number of anilines is 2. The van der Waals surface area contributed by atoms with Crippen LogP contribution in [-0.2, 0) is 6.54 Å². The quantitative estimate of drug-likeness (QED) is 0.424. The van der Waals surface area contributed by atoms with E-state index >= 15 is 0 Å². The Morgan fingerprint density at radius 2 is 1.71 bits per heavy atom. The number of nitro groups is 1. The van der Waals surface area contributed by atoms with E-state index in [9.17, 15) is 19.3 Å². The van der Waals surface area contributed by atoms with Crippen LogP contribution in [0.5, 0.6) is 0 Å². The fourth-order valence-electron chi connectivity index (χ4n) is 2.34. The first kappa shape index (κ1) is 18.7. The predicted octanol–water partition coefficient (Wildman–Crippen LogP) is 2.89. The lowest BCUT2D eigenvalue weighted by molar-refractivity contribution is -0.383. The number of amides is 1. The Hall–Kier alpha value is -4.08. The first-order chi connectivity index (χ1) is 13.5. The van der Waals surface area contributed by atoms with Crippen LogP contribution < -0.4 is 16.2 Å². The van der Waals surface area contributed by atoms with E-state index in [4.69, 9.17) is 0 Å². The van der Waals surface area contributed by atoms with E-state index in [1.54, 1.807) is 42.5 Å². The lowest BCUT2D eigenvalue weighted by Crippen LogP contribution is -2.30. The van der Waals surface area contributed by atoms with E-state index < -0.39 is 16.5 Å². The molecule has 0 bridgehead atoms. The summed E-state index contributed by atoms with van der Waals surface area (Å²) in [4.78, 5) is 30.6. The Bertz CT molecular complexity index is 982. The number of aromatic nitrogens is 2. The molecule has 0 spiro atoms. The summed E-state index contributed by atoms with van der Waals surface area (Å²) < 4.78 is 13.0. The van der Waals surface area contributed by atoms with Gasteiger partial charge in [-0.15, -0.1) is 0 Å². The lowest BCUT2D eigenvalue weighted by Gasteiger charge is -2.11. The molecule has 28 heavy (non-hydrogen) atoms. The van der Waals surface area contributed by atoms with Gasteiger partial charge in [-0.25, -0.2) is 14.4 Å². The van der Waals surface area contributed by atoms with Crippen LogP contribution in [0.4, 0.5) is 21.7 Å². The van der Waals surface area contributed by atoms with Crippen LogP contribution in [0.25, 0.3) is 0 Å². The standard InChI is InChI=1S/C18H15FN6O3/c19-14-8-6-12(7-9-14)10-20-16-15(25(27)28)17(22-11-21-16)23-24-18(26)13-4-2-1-3-5-13/h1-9,11H,10H2,(H,24,26)(H2,20,21,22,23). The molecule has 0 fully saturated rings. The molecule has 0 aliphatic carbocycles. The minimum Gasteiger partial charge on any atom is -0.360 e. The zero-order valence-corrected chi connectivity index (χ0v) is 14.4. The molecule has 1 amide bonds. The number of carbonyl (C=O) groups is 1. The molecule has 3 aromatic rings. The van der Waals surface area contributed by atoms with Gasteiger partial charge in [-0.3, -0.25) is 25.8 Å². The number of halogens is 1. The molecule has 3 N–H and O–H groups in total. The van der Waals surface area contributed by atoms with E-state index in [-0.39, 0.29) is 24.0 Å². The van der Waals surface area contributed by atoms with Crippen LogP contribution >= 0.6 is 0 Å². The normalized spacial score (nSPS) is 10.2. The lowest BCUT2D eigenvalue weighted by atomic mass is 10.2. The molecule has 1 aromatic heterocycles. The number of hydrogen-bond acceptors (Lipinski definition) is 7. The van der Waals surface area contributed by atoms with Crippen LogP contribution in [0, 0.1) is 15.9 Å². The maximum Gasteiger partial charge on any atom is 0.354 e. The van der Waals surface area contributed by atoms with E-state index in [0.717, 1.165) is 6.33 Å². The zero-order valence-electron chi connectivity index (χ0n) is 14.4. The summed E-state index contributed by atoms with van der Waals surface area (Å²) in [6.07, 6.45) is 1.12. The summed E-state index contributed by atoms with van der Waals surface area (Å²) in [5, 5.41) is 14.3. The molecule has 9 nitrogen and oxygen atoms in total. The van der Waals surface area contributed by atoms with Gasteiger partial charge in [-0.05, 0) is 29.8 Å². The third-order valence-corrected chi connectivity index (χ3v) is 3.71. The molecular weight excluding hydrogens is 367 g/mol. The summed E-state index contributed by atoms with van der Waals surface area (Å²) in [6.45, 7) is 0.188. The van der Waals surface area contributed by atoms with Crippen molar-refractivity contribution in [1.82, 2.24) is 15.4 Å². The maximum atomic E-state index is 13.0. The van der Waals surface area contributed by atoms with Crippen LogP contribution in [0.15, 0.2) is 60.9 Å². The molecule has 0 saturated heterocycles. The number of nitrogens with one attached hydrogen (secondary N) is 3. The molecule has 0 saturated carbocycles. The van der Waals surface area contributed by atoms with Gasteiger partial charge < -0.3 is 5.32 Å². The highest BCUT2D eigenvalue weighted by molar-refractivity contribution is 5.95. The highest BCUT2D eigenvalue weighted by Crippen LogP contribution is 2.28. The summed E-state index contributed by atoms with van der Waals surface area (Å²) in [7, 11) is 0. The van der Waals surface area contributed by atoms with Crippen molar-refractivity contribution in [3.8, 4) is 0 Å². The second-order valence-electron chi connectivity index (χ2n) is 5.60. The maximum absolute atomic E-state index is 13.0. The molecule has 0 unspecified atom stereocenters. The Balaban J connectivity index is 1.74. The number of nitrogens with zero attached hydrogens (tertiary/aromatic N) is 3. The van der Waals surface area contributed by atoms with Gasteiger partial charge in [0.2, 0.25) is 11.6 Å². The average molecular weight is 382 g/mol. The van der Waals surface area contributed by atoms with Gasteiger partial charge >= 0.3 is 5.69 Å². The van der Waals surface area contributed by atoms with Crippen molar-refractivity contribution in [2.45, 2.75) is 6.54 Å². The molecule has 0 radical (unpaired) electrons. The van der Waals surface area contributed by atoms with Gasteiger partial charge in [0, 0.05) is 12.1 Å². The average Bonchev–Trinajstić information content (AvgIpc) is 2.72. The van der Waals surface area contributed by atoms with Crippen molar-refractivity contribution in [2.24, 2.45) is 0 Å². The molecule has 142 valence electrons. The highest BCUT2D eigenvalue weighted by atomic mass is 19.1. The van der Waals surface area contributed by atoms with Crippen LogP contribution in [0.3, 0.4) is 0 Å². The smallest absolute Gasteiger partial charge is 0.354 e. The summed E-state index contributed by atoms with van der Waals surface area (Å²) in [5.41, 5.74) is 5.47. The van der Waals surface area contributed by atoms with Gasteiger partial charge in [0.05, 0.1) is 4.92 Å². The Kier molecular flexibility index (Phi) is 5.70. The van der Waals surface area contributed by atoms with E-state index in [2.05, 4.69) is 26.1 Å². The predicted molar refractivity (Wildman–Crippen MR) is 99.9 cm³/mol. The molecule has 2 aromatic carbocycles. The van der Waals surface area contributed by atoms with Gasteiger partial charge in [-0.2, -0.15) is 0 Å². The highest BCUT2D eigenvalue weighted by Gasteiger charge is 2.23. The topological polar surface area (TPSA) is 122 Å². The van der Waals surface area contributed by atoms with Crippen molar-refractivity contribution < 1.29 is 14.1 Å². The molecule has 1 heterocycles. The van der Waals surface area contributed by atoms with Gasteiger partial charge in [0.25, 0.3) is 5.91 Å². The van der Waals surface area contributed by atoms with Gasteiger partial charge in [-0.1, -0.05) is 30.3 Å². The number of hydrazine groups is 1.